The van der Waals surface area contributed by atoms with Gasteiger partial charge in [-0.3, -0.25) is 4.79 Å². The standard InChI is InChI=1S/C18H18Br2N2O3/c1-11-8-14(19)17(15(20)9-11)21-16(23)10-25-18(24)12-4-6-13(7-5-12)22(2)3/h4-9H,10H2,1-3H3,(H,21,23). The monoisotopic (exact) mass is 468 g/mol. The van der Waals surface area contributed by atoms with E-state index in [1.54, 1.807) is 12.1 Å². The normalized spacial score (nSPS) is 10.3. The smallest absolute Gasteiger partial charge is 0.338 e. The summed E-state index contributed by atoms with van der Waals surface area (Å²) in [7, 11) is 3.83. The summed E-state index contributed by atoms with van der Waals surface area (Å²) in [6.45, 7) is 1.59. The van der Waals surface area contributed by atoms with Crippen LogP contribution in [0.15, 0.2) is 45.3 Å². The highest BCUT2D eigenvalue weighted by Gasteiger charge is 2.13. The number of rotatable bonds is 5. The van der Waals surface area contributed by atoms with Crippen LogP contribution in [0.5, 0.6) is 0 Å². The molecule has 25 heavy (non-hydrogen) atoms. The van der Waals surface area contributed by atoms with Crippen molar-refractivity contribution in [2.75, 3.05) is 30.9 Å². The van der Waals surface area contributed by atoms with Gasteiger partial charge in [-0.1, -0.05) is 0 Å². The Kier molecular flexibility index (Phi) is 6.61. The van der Waals surface area contributed by atoms with Gasteiger partial charge >= 0.3 is 5.97 Å². The van der Waals surface area contributed by atoms with Gasteiger partial charge in [0, 0.05) is 28.7 Å². The van der Waals surface area contributed by atoms with Gasteiger partial charge in [-0.2, -0.15) is 0 Å². The Labute approximate surface area is 163 Å². The Morgan fingerprint density at radius 1 is 1.08 bits per heavy atom. The SMILES string of the molecule is Cc1cc(Br)c(NC(=O)COC(=O)c2ccc(N(C)C)cc2)c(Br)c1. The van der Waals surface area contributed by atoms with E-state index in [1.807, 2.05) is 50.2 Å². The van der Waals surface area contributed by atoms with Gasteiger partial charge in [-0.05, 0) is 80.7 Å². The maximum absolute atomic E-state index is 12.0. The number of hydrogen-bond donors (Lipinski definition) is 1. The quantitative estimate of drug-likeness (QED) is 0.660. The van der Waals surface area contributed by atoms with Crippen LogP contribution >= 0.6 is 31.9 Å². The first-order chi connectivity index (χ1) is 11.8. The Balaban J connectivity index is 1.94. The van der Waals surface area contributed by atoms with Crippen molar-refractivity contribution in [1.29, 1.82) is 0 Å². The van der Waals surface area contributed by atoms with Gasteiger partial charge in [-0.25, -0.2) is 4.79 Å². The molecule has 0 fully saturated rings. The molecule has 1 N–H and O–H groups in total. The first-order valence-electron chi connectivity index (χ1n) is 7.48. The third kappa shape index (κ3) is 5.31. The summed E-state index contributed by atoms with van der Waals surface area (Å²) in [4.78, 5) is 26.0. The van der Waals surface area contributed by atoms with Gasteiger partial charge in [0.05, 0.1) is 11.3 Å². The average molecular weight is 470 g/mol. The van der Waals surface area contributed by atoms with Crippen molar-refractivity contribution < 1.29 is 14.3 Å². The number of halogens is 2. The first-order valence-corrected chi connectivity index (χ1v) is 9.06. The number of ether oxygens (including phenoxy) is 1. The predicted molar refractivity (Wildman–Crippen MR) is 106 cm³/mol. The number of carbonyl (C=O) groups is 2. The van der Waals surface area contributed by atoms with Gasteiger partial charge in [0.25, 0.3) is 5.91 Å². The molecule has 1 amide bonds. The third-order valence-corrected chi connectivity index (χ3v) is 4.66. The zero-order chi connectivity index (χ0) is 18.6. The summed E-state index contributed by atoms with van der Waals surface area (Å²) in [5, 5.41) is 2.72. The van der Waals surface area contributed by atoms with Crippen LogP contribution < -0.4 is 10.2 Å². The molecule has 0 spiro atoms. The Morgan fingerprint density at radius 3 is 2.16 bits per heavy atom. The minimum Gasteiger partial charge on any atom is -0.452 e. The number of aryl methyl sites for hydroxylation is 1. The Morgan fingerprint density at radius 2 is 1.64 bits per heavy atom. The van der Waals surface area contributed by atoms with Crippen LogP contribution in [0.4, 0.5) is 11.4 Å². The van der Waals surface area contributed by atoms with Crippen molar-refractivity contribution in [2.24, 2.45) is 0 Å². The zero-order valence-electron chi connectivity index (χ0n) is 14.1. The number of hydrogen-bond acceptors (Lipinski definition) is 4. The molecular formula is C18H18Br2N2O3. The van der Waals surface area contributed by atoms with E-state index in [1.165, 1.54) is 0 Å². The summed E-state index contributed by atoms with van der Waals surface area (Å²) >= 11 is 6.81. The molecule has 7 heteroatoms. The Bertz CT molecular complexity index is 766. The largest absolute Gasteiger partial charge is 0.452 e. The molecule has 2 aromatic rings. The van der Waals surface area contributed by atoms with Crippen molar-refractivity contribution in [2.45, 2.75) is 6.92 Å². The first kappa shape index (κ1) is 19.5. The summed E-state index contributed by atoms with van der Waals surface area (Å²) in [5.41, 5.74) is 3.02. The van der Waals surface area contributed by atoms with Crippen molar-refractivity contribution in [1.82, 2.24) is 0 Å². The number of nitrogens with one attached hydrogen (secondary N) is 1. The molecule has 0 aliphatic rings. The predicted octanol–water partition coefficient (Wildman–Crippen LogP) is 4.38. The Hall–Kier alpha value is -1.86. The maximum atomic E-state index is 12.0. The molecule has 132 valence electrons. The van der Waals surface area contributed by atoms with Crippen LogP contribution in [-0.4, -0.2) is 32.6 Å². The number of amides is 1. The van der Waals surface area contributed by atoms with Gasteiger partial charge in [-0.15, -0.1) is 0 Å². The molecule has 0 saturated carbocycles. The fourth-order valence-electron chi connectivity index (χ4n) is 2.10. The van der Waals surface area contributed by atoms with E-state index >= 15 is 0 Å². The molecule has 0 radical (unpaired) electrons. The van der Waals surface area contributed by atoms with E-state index in [0.29, 0.717) is 11.3 Å². The van der Waals surface area contributed by atoms with Crippen LogP contribution in [0.1, 0.15) is 15.9 Å². The van der Waals surface area contributed by atoms with Gasteiger partial charge in [0.1, 0.15) is 0 Å². The second-order valence-electron chi connectivity index (χ2n) is 5.67. The van der Waals surface area contributed by atoms with Gasteiger partial charge in [0.2, 0.25) is 0 Å². The fourth-order valence-corrected chi connectivity index (χ4v) is 3.72. The van der Waals surface area contributed by atoms with E-state index in [0.717, 1.165) is 20.2 Å². The molecule has 2 rings (SSSR count). The molecule has 2 aromatic carbocycles. The molecular weight excluding hydrogens is 452 g/mol. The molecule has 0 aliphatic carbocycles. The second kappa shape index (κ2) is 8.49. The lowest BCUT2D eigenvalue weighted by Crippen LogP contribution is -2.21. The molecule has 0 heterocycles. The lowest BCUT2D eigenvalue weighted by atomic mass is 10.2. The van der Waals surface area contributed by atoms with E-state index in [-0.39, 0.29) is 6.61 Å². The molecule has 0 unspecified atom stereocenters. The van der Waals surface area contributed by atoms with E-state index in [4.69, 9.17) is 4.74 Å². The molecule has 0 atom stereocenters. The number of esters is 1. The van der Waals surface area contributed by atoms with Crippen LogP contribution in [0.25, 0.3) is 0 Å². The van der Waals surface area contributed by atoms with Crippen molar-refractivity contribution in [3.63, 3.8) is 0 Å². The zero-order valence-corrected chi connectivity index (χ0v) is 17.3. The van der Waals surface area contributed by atoms with Crippen LogP contribution in [0.2, 0.25) is 0 Å². The highest BCUT2D eigenvalue weighted by molar-refractivity contribution is 9.11. The lowest BCUT2D eigenvalue weighted by molar-refractivity contribution is -0.119. The van der Waals surface area contributed by atoms with Crippen molar-refractivity contribution >= 4 is 55.1 Å². The minimum atomic E-state index is -0.539. The summed E-state index contributed by atoms with van der Waals surface area (Å²) in [5.74, 6) is -0.953. The van der Waals surface area contributed by atoms with Crippen LogP contribution in [0.3, 0.4) is 0 Å². The van der Waals surface area contributed by atoms with Crippen molar-refractivity contribution in [3.8, 4) is 0 Å². The van der Waals surface area contributed by atoms with Crippen LogP contribution in [0, 0.1) is 6.92 Å². The molecule has 0 aromatic heterocycles. The minimum absolute atomic E-state index is 0.360. The van der Waals surface area contributed by atoms with Crippen LogP contribution in [-0.2, 0) is 9.53 Å². The van der Waals surface area contributed by atoms with E-state index in [2.05, 4.69) is 37.2 Å². The van der Waals surface area contributed by atoms with Crippen molar-refractivity contribution in [3.05, 3.63) is 56.5 Å². The summed E-state index contributed by atoms with van der Waals surface area (Å²) in [6, 6.07) is 10.7. The van der Waals surface area contributed by atoms with E-state index in [9.17, 15) is 9.59 Å². The summed E-state index contributed by atoms with van der Waals surface area (Å²) in [6.07, 6.45) is 0. The second-order valence-corrected chi connectivity index (χ2v) is 7.38. The number of benzene rings is 2. The molecule has 5 nitrogen and oxygen atoms in total. The topological polar surface area (TPSA) is 58.6 Å². The molecule has 0 saturated heterocycles. The van der Waals surface area contributed by atoms with E-state index < -0.39 is 11.9 Å². The highest BCUT2D eigenvalue weighted by Crippen LogP contribution is 2.32. The molecule has 0 bridgehead atoms. The van der Waals surface area contributed by atoms with Gasteiger partial charge < -0.3 is 15.0 Å². The highest BCUT2D eigenvalue weighted by atomic mass is 79.9. The van der Waals surface area contributed by atoms with Gasteiger partial charge in [0.15, 0.2) is 6.61 Å². The maximum Gasteiger partial charge on any atom is 0.338 e. The number of nitrogens with zero attached hydrogens (tertiary/aromatic N) is 1. The third-order valence-electron chi connectivity index (χ3n) is 3.40. The molecule has 0 aliphatic heterocycles. The lowest BCUT2D eigenvalue weighted by Gasteiger charge is -2.13. The average Bonchev–Trinajstić information content (AvgIpc) is 2.56. The fraction of sp³-hybridized carbons (Fsp3) is 0.222. The summed E-state index contributed by atoms with van der Waals surface area (Å²) < 4.78 is 6.57. The number of carbonyl (C=O) groups excluding carboxylic acids is 2. The number of anilines is 2.